The molecule has 0 radical (unpaired) electrons. The number of urea groups is 1. The number of carbonyl (C=O) groups is 1. The van der Waals surface area contributed by atoms with E-state index in [-0.39, 0.29) is 11.9 Å². The van der Waals surface area contributed by atoms with Crippen LogP contribution in [0.1, 0.15) is 11.6 Å². The molecule has 17 heavy (non-hydrogen) atoms. The number of hydrogen-bond acceptors (Lipinski definition) is 3. The predicted molar refractivity (Wildman–Crippen MR) is 64.6 cm³/mol. The number of amidine groups is 1. The lowest BCUT2D eigenvalue weighted by Gasteiger charge is -2.12. The smallest absolute Gasteiger partial charge is 0.343 e. The van der Waals surface area contributed by atoms with Crippen molar-refractivity contribution in [1.82, 2.24) is 10.3 Å². The molecular weight excluding hydrogens is 216 g/mol. The maximum atomic E-state index is 11.2. The third-order valence-corrected chi connectivity index (χ3v) is 2.80. The summed E-state index contributed by atoms with van der Waals surface area (Å²) in [6.07, 6.45) is 3.49. The standard InChI is InChI=1S/C12H10N4O/c13-11-10(15-12(17)16-11)9-6-14-5-7-3-1-2-4-8(7)9/h1-6,10H,(H3,13,15,16,17). The number of rotatable bonds is 1. The van der Waals surface area contributed by atoms with Crippen molar-refractivity contribution < 1.29 is 4.79 Å². The van der Waals surface area contributed by atoms with Gasteiger partial charge >= 0.3 is 6.03 Å². The molecule has 0 spiro atoms. The summed E-state index contributed by atoms with van der Waals surface area (Å²) in [6.45, 7) is 0. The van der Waals surface area contributed by atoms with Gasteiger partial charge in [0.2, 0.25) is 0 Å². The average molecular weight is 226 g/mol. The lowest BCUT2D eigenvalue weighted by atomic mass is 10.0. The summed E-state index contributed by atoms with van der Waals surface area (Å²) in [5.41, 5.74) is 6.60. The van der Waals surface area contributed by atoms with Crippen LogP contribution in [0.4, 0.5) is 4.79 Å². The number of amides is 2. The van der Waals surface area contributed by atoms with Gasteiger partial charge in [-0.1, -0.05) is 24.3 Å². The Morgan fingerprint density at radius 3 is 2.82 bits per heavy atom. The van der Waals surface area contributed by atoms with Crippen molar-refractivity contribution in [2.75, 3.05) is 0 Å². The zero-order chi connectivity index (χ0) is 11.8. The van der Waals surface area contributed by atoms with Crippen molar-refractivity contribution in [3.8, 4) is 0 Å². The van der Waals surface area contributed by atoms with Crippen molar-refractivity contribution >= 4 is 22.6 Å². The van der Waals surface area contributed by atoms with Crippen molar-refractivity contribution in [2.45, 2.75) is 6.04 Å². The number of hydrogen-bond donors (Lipinski definition) is 2. The highest BCUT2D eigenvalue weighted by Gasteiger charge is 2.26. The lowest BCUT2D eigenvalue weighted by molar-refractivity contribution is 0.250. The molecule has 0 saturated carbocycles. The molecule has 3 N–H and O–H groups in total. The van der Waals surface area contributed by atoms with Crippen LogP contribution in [0.3, 0.4) is 0 Å². The predicted octanol–water partition coefficient (Wildman–Crippen LogP) is 1.36. The van der Waals surface area contributed by atoms with E-state index in [1.54, 1.807) is 12.4 Å². The number of nitrogens with zero attached hydrogens (tertiary/aromatic N) is 2. The highest BCUT2D eigenvalue weighted by molar-refractivity contribution is 6.05. The van der Waals surface area contributed by atoms with E-state index >= 15 is 0 Å². The van der Waals surface area contributed by atoms with Gasteiger partial charge in [-0.15, -0.1) is 0 Å². The molecule has 0 fully saturated rings. The number of carbonyl (C=O) groups excluding carboxylic acids is 1. The van der Waals surface area contributed by atoms with Crippen LogP contribution < -0.4 is 11.1 Å². The van der Waals surface area contributed by atoms with Crippen LogP contribution in [0.25, 0.3) is 10.8 Å². The second-order valence-electron chi connectivity index (χ2n) is 3.87. The molecule has 1 aromatic carbocycles. The Bertz CT molecular complexity index is 630. The fourth-order valence-corrected chi connectivity index (χ4v) is 2.02. The van der Waals surface area contributed by atoms with Crippen LogP contribution in [0.2, 0.25) is 0 Å². The van der Waals surface area contributed by atoms with E-state index in [1.165, 1.54) is 0 Å². The molecular formula is C12H10N4O. The summed E-state index contributed by atoms with van der Waals surface area (Å²) in [7, 11) is 0. The number of aliphatic imine (C=N–C) groups is 1. The summed E-state index contributed by atoms with van der Waals surface area (Å²) in [5, 5.41) is 4.74. The van der Waals surface area contributed by atoms with E-state index < -0.39 is 6.03 Å². The molecule has 0 aliphatic carbocycles. The van der Waals surface area contributed by atoms with E-state index in [0.29, 0.717) is 0 Å². The molecule has 3 rings (SSSR count). The van der Waals surface area contributed by atoms with Gasteiger partial charge in [-0.25, -0.2) is 4.79 Å². The summed E-state index contributed by atoms with van der Waals surface area (Å²) >= 11 is 0. The van der Waals surface area contributed by atoms with Crippen molar-refractivity contribution in [3.05, 3.63) is 42.2 Å². The van der Waals surface area contributed by atoms with Crippen LogP contribution in [0.5, 0.6) is 0 Å². The minimum absolute atomic E-state index is 0.285. The van der Waals surface area contributed by atoms with Gasteiger partial charge in [0, 0.05) is 23.3 Å². The SMILES string of the molecule is NC1=NC(=O)NC1c1cncc2ccccc12. The molecule has 0 saturated heterocycles. The Morgan fingerprint density at radius 2 is 2.06 bits per heavy atom. The highest BCUT2D eigenvalue weighted by Crippen LogP contribution is 2.25. The van der Waals surface area contributed by atoms with Gasteiger partial charge in [-0.2, -0.15) is 4.99 Å². The van der Waals surface area contributed by atoms with E-state index in [4.69, 9.17) is 5.73 Å². The van der Waals surface area contributed by atoms with Gasteiger partial charge in [0.05, 0.1) is 0 Å². The quantitative estimate of drug-likeness (QED) is 0.770. The summed E-state index contributed by atoms with van der Waals surface area (Å²) < 4.78 is 0. The molecule has 2 amide bonds. The third-order valence-electron chi connectivity index (χ3n) is 2.80. The Balaban J connectivity index is 2.18. The first-order valence-electron chi connectivity index (χ1n) is 5.23. The number of fused-ring (bicyclic) bond motifs is 1. The van der Waals surface area contributed by atoms with Crippen LogP contribution in [0, 0.1) is 0 Å². The average Bonchev–Trinajstić information content (AvgIpc) is 2.68. The van der Waals surface area contributed by atoms with Crippen molar-refractivity contribution in [1.29, 1.82) is 0 Å². The van der Waals surface area contributed by atoms with Crippen LogP contribution in [0.15, 0.2) is 41.7 Å². The fraction of sp³-hybridized carbons (Fsp3) is 0.0833. The molecule has 0 bridgehead atoms. The normalized spacial score (nSPS) is 19.2. The zero-order valence-corrected chi connectivity index (χ0v) is 8.92. The van der Waals surface area contributed by atoms with Gasteiger partial charge in [0.1, 0.15) is 11.9 Å². The van der Waals surface area contributed by atoms with Gasteiger partial charge in [-0.3, -0.25) is 4.98 Å². The number of aromatic nitrogens is 1. The molecule has 5 nitrogen and oxygen atoms in total. The topological polar surface area (TPSA) is 80.4 Å². The molecule has 5 heteroatoms. The first-order valence-corrected chi connectivity index (χ1v) is 5.23. The number of pyridine rings is 1. The fourth-order valence-electron chi connectivity index (χ4n) is 2.02. The number of nitrogens with one attached hydrogen (secondary N) is 1. The summed E-state index contributed by atoms with van der Waals surface area (Å²) in [4.78, 5) is 19.0. The Labute approximate surface area is 97.4 Å². The van der Waals surface area contributed by atoms with E-state index in [0.717, 1.165) is 16.3 Å². The van der Waals surface area contributed by atoms with Gasteiger partial charge in [0.15, 0.2) is 0 Å². The van der Waals surface area contributed by atoms with Crippen LogP contribution >= 0.6 is 0 Å². The first-order chi connectivity index (χ1) is 8.25. The Kier molecular flexibility index (Phi) is 2.04. The Morgan fingerprint density at radius 1 is 1.24 bits per heavy atom. The van der Waals surface area contributed by atoms with E-state index in [9.17, 15) is 4.79 Å². The minimum atomic E-state index is -0.402. The molecule has 2 aromatic rings. The van der Waals surface area contributed by atoms with Crippen LogP contribution in [-0.2, 0) is 0 Å². The highest BCUT2D eigenvalue weighted by atomic mass is 16.2. The largest absolute Gasteiger partial charge is 0.385 e. The first kappa shape index (κ1) is 9.77. The van der Waals surface area contributed by atoms with E-state index in [1.807, 2.05) is 24.3 Å². The van der Waals surface area contributed by atoms with Gasteiger partial charge in [-0.05, 0) is 5.39 Å². The summed E-state index contributed by atoms with van der Waals surface area (Å²) in [5.74, 6) is 0.285. The Hall–Kier alpha value is -2.43. The maximum absolute atomic E-state index is 11.2. The summed E-state index contributed by atoms with van der Waals surface area (Å²) in [6, 6.07) is 7.05. The number of nitrogens with two attached hydrogens (primary N) is 1. The molecule has 1 aliphatic heterocycles. The minimum Gasteiger partial charge on any atom is -0.385 e. The third kappa shape index (κ3) is 1.52. The second-order valence-corrected chi connectivity index (χ2v) is 3.87. The van der Waals surface area contributed by atoms with E-state index in [2.05, 4.69) is 15.3 Å². The monoisotopic (exact) mass is 226 g/mol. The molecule has 1 aliphatic rings. The lowest BCUT2D eigenvalue weighted by Crippen LogP contribution is -2.28. The molecule has 1 atom stereocenters. The molecule has 2 heterocycles. The molecule has 84 valence electrons. The number of benzene rings is 1. The second kappa shape index (κ2) is 3.55. The zero-order valence-electron chi connectivity index (χ0n) is 8.92. The maximum Gasteiger partial charge on any atom is 0.343 e. The van der Waals surface area contributed by atoms with Crippen LogP contribution in [-0.4, -0.2) is 16.9 Å². The van der Waals surface area contributed by atoms with Gasteiger partial charge < -0.3 is 11.1 Å². The molecule has 1 unspecified atom stereocenters. The van der Waals surface area contributed by atoms with Gasteiger partial charge in [0.25, 0.3) is 0 Å². The molecule has 1 aromatic heterocycles. The van der Waals surface area contributed by atoms with Crippen molar-refractivity contribution in [2.24, 2.45) is 10.7 Å². The van der Waals surface area contributed by atoms with Crippen molar-refractivity contribution in [3.63, 3.8) is 0 Å².